The Kier molecular flexibility index (Phi) is 9.61. The molecular formula is C29H25Cl2N5O3. The van der Waals surface area contributed by atoms with Crippen molar-refractivity contribution in [1.82, 2.24) is 20.3 Å². The number of nitrogens with zero attached hydrogens (tertiary/aromatic N) is 4. The molecule has 4 aromatic rings. The third kappa shape index (κ3) is 7.40. The maximum atomic E-state index is 12.8. The maximum Gasteiger partial charge on any atom is 0.328 e. The van der Waals surface area contributed by atoms with E-state index in [-0.39, 0.29) is 22.0 Å². The van der Waals surface area contributed by atoms with Gasteiger partial charge in [-0.25, -0.2) is 14.8 Å². The minimum atomic E-state index is -0.920. The second-order valence-electron chi connectivity index (χ2n) is 8.37. The summed E-state index contributed by atoms with van der Waals surface area (Å²) in [5.41, 5.74) is 2.98. The molecule has 2 heterocycles. The van der Waals surface area contributed by atoms with E-state index in [4.69, 9.17) is 27.9 Å². The SMILES string of the molecule is COC(=O)C(CC=Cc1ccc(N(Cc2ccncc2)c2ncccn2)cc1)NC(=O)c1c(Cl)cccc1Cl. The van der Waals surface area contributed by atoms with Crippen molar-refractivity contribution >= 4 is 52.8 Å². The van der Waals surface area contributed by atoms with Crippen LogP contribution in [0.25, 0.3) is 6.08 Å². The molecule has 1 atom stereocenters. The van der Waals surface area contributed by atoms with E-state index in [1.807, 2.05) is 47.4 Å². The molecule has 0 bridgehead atoms. The monoisotopic (exact) mass is 561 g/mol. The van der Waals surface area contributed by atoms with Crippen molar-refractivity contribution in [1.29, 1.82) is 0 Å². The molecule has 2 aromatic carbocycles. The summed E-state index contributed by atoms with van der Waals surface area (Å²) < 4.78 is 4.87. The van der Waals surface area contributed by atoms with Crippen LogP contribution in [0.5, 0.6) is 0 Å². The predicted molar refractivity (Wildman–Crippen MR) is 152 cm³/mol. The van der Waals surface area contributed by atoms with E-state index in [0.29, 0.717) is 12.5 Å². The normalized spacial score (nSPS) is 11.7. The topological polar surface area (TPSA) is 97.3 Å². The van der Waals surface area contributed by atoms with E-state index in [1.165, 1.54) is 7.11 Å². The van der Waals surface area contributed by atoms with Gasteiger partial charge in [0.1, 0.15) is 6.04 Å². The minimum Gasteiger partial charge on any atom is -0.467 e. The number of carbonyl (C=O) groups is 2. The number of hydrogen-bond acceptors (Lipinski definition) is 7. The average Bonchev–Trinajstić information content (AvgIpc) is 2.96. The molecule has 1 unspecified atom stereocenters. The van der Waals surface area contributed by atoms with Crippen molar-refractivity contribution in [2.75, 3.05) is 12.0 Å². The zero-order chi connectivity index (χ0) is 27.6. The number of rotatable bonds is 10. The van der Waals surface area contributed by atoms with Gasteiger partial charge in [0.05, 0.1) is 29.3 Å². The van der Waals surface area contributed by atoms with Gasteiger partial charge >= 0.3 is 5.97 Å². The van der Waals surface area contributed by atoms with Crippen LogP contribution in [0.4, 0.5) is 11.6 Å². The number of ether oxygens (including phenoxy) is 1. The molecule has 0 aliphatic rings. The zero-order valence-corrected chi connectivity index (χ0v) is 22.5. The van der Waals surface area contributed by atoms with E-state index < -0.39 is 17.9 Å². The van der Waals surface area contributed by atoms with Gasteiger partial charge in [-0.1, -0.05) is 53.6 Å². The molecule has 1 amide bonds. The van der Waals surface area contributed by atoms with Crippen molar-refractivity contribution in [3.63, 3.8) is 0 Å². The quantitative estimate of drug-likeness (QED) is 0.241. The van der Waals surface area contributed by atoms with Gasteiger partial charge < -0.3 is 15.0 Å². The molecule has 0 fully saturated rings. The molecule has 4 rings (SSSR count). The first-order valence-corrected chi connectivity index (χ1v) is 12.7. The Bertz CT molecular complexity index is 1410. The summed E-state index contributed by atoms with van der Waals surface area (Å²) >= 11 is 12.3. The summed E-state index contributed by atoms with van der Waals surface area (Å²) in [7, 11) is 1.26. The highest BCUT2D eigenvalue weighted by molar-refractivity contribution is 6.39. The van der Waals surface area contributed by atoms with Crippen LogP contribution in [0.2, 0.25) is 10.0 Å². The number of amides is 1. The van der Waals surface area contributed by atoms with Gasteiger partial charge in [0.15, 0.2) is 0 Å². The van der Waals surface area contributed by atoms with E-state index in [0.717, 1.165) is 16.8 Å². The van der Waals surface area contributed by atoms with Gasteiger partial charge in [0.2, 0.25) is 5.95 Å². The summed E-state index contributed by atoms with van der Waals surface area (Å²) in [4.78, 5) is 40.0. The van der Waals surface area contributed by atoms with E-state index in [9.17, 15) is 9.59 Å². The molecule has 8 nitrogen and oxygen atoms in total. The van der Waals surface area contributed by atoms with Crippen LogP contribution in [-0.2, 0) is 16.1 Å². The van der Waals surface area contributed by atoms with E-state index in [2.05, 4.69) is 20.3 Å². The number of pyridine rings is 1. The first kappa shape index (κ1) is 27.8. The summed E-state index contributed by atoms with van der Waals surface area (Å²) in [6.07, 6.45) is 10.8. The van der Waals surface area contributed by atoms with Crippen LogP contribution < -0.4 is 10.2 Å². The van der Waals surface area contributed by atoms with Crippen LogP contribution in [0.15, 0.2) is 91.5 Å². The Balaban J connectivity index is 1.47. The van der Waals surface area contributed by atoms with Crippen LogP contribution in [0, 0.1) is 0 Å². The fourth-order valence-corrected chi connectivity index (χ4v) is 4.36. The lowest BCUT2D eigenvalue weighted by Crippen LogP contribution is -2.41. The zero-order valence-electron chi connectivity index (χ0n) is 21.0. The molecular weight excluding hydrogens is 537 g/mol. The third-order valence-corrected chi connectivity index (χ3v) is 6.38. The number of benzene rings is 2. The molecule has 2 aromatic heterocycles. The largest absolute Gasteiger partial charge is 0.467 e. The Morgan fingerprint density at radius 1 is 0.949 bits per heavy atom. The lowest BCUT2D eigenvalue weighted by atomic mass is 10.1. The van der Waals surface area contributed by atoms with Crippen LogP contribution in [0.1, 0.15) is 27.9 Å². The lowest BCUT2D eigenvalue weighted by molar-refractivity contribution is -0.142. The highest BCUT2D eigenvalue weighted by Gasteiger charge is 2.23. The molecule has 0 radical (unpaired) electrons. The molecule has 10 heteroatoms. The number of nitrogens with one attached hydrogen (secondary N) is 1. The number of esters is 1. The van der Waals surface area contributed by atoms with Crippen molar-refractivity contribution in [3.8, 4) is 0 Å². The van der Waals surface area contributed by atoms with Gasteiger partial charge in [0, 0.05) is 30.5 Å². The molecule has 0 saturated heterocycles. The van der Waals surface area contributed by atoms with Gasteiger partial charge in [-0.3, -0.25) is 9.78 Å². The fraction of sp³-hybridized carbons (Fsp3) is 0.138. The van der Waals surface area contributed by atoms with Crippen LogP contribution in [0.3, 0.4) is 0 Å². The van der Waals surface area contributed by atoms with Gasteiger partial charge in [-0.2, -0.15) is 0 Å². The first-order valence-electron chi connectivity index (χ1n) is 12.0. The summed E-state index contributed by atoms with van der Waals surface area (Å²) in [6, 6.07) is 17.3. The Labute approximate surface area is 236 Å². The number of anilines is 2. The molecule has 0 spiro atoms. The standard InChI is InChI=1S/C29H25Cl2N5O3/c1-39-28(38)25(35-27(37)26-23(30)6-3-7-24(26)31)8-2-5-20-9-11-22(12-10-20)36(29-33-15-4-16-34-29)19-21-13-17-32-18-14-21/h2-7,9-18,25H,8,19H2,1H3,(H,35,37). The van der Waals surface area contributed by atoms with Crippen LogP contribution in [-0.4, -0.2) is 40.0 Å². The summed E-state index contributed by atoms with van der Waals surface area (Å²) in [6.45, 7) is 0.567. The fourth-order valence-electron chi connectivity index (χ4n) is 3.79. The molecule has 39 heavy (non-hydrogen) atoms. The van der Waals surface area contributed by atoms with E-state index >= 15 is 0 Å². The summed E-state index contributed by atoms with van der Waals surface area (Å²) in [5, 5.41) is 3.04. The minimum absolute atomic E-state index is 0.105. The number of methoxy groups -OCH3 is 1. The van der Waals surface area contributed by atoms with Gasteiger partial charge in [0.25, 0.3) is 5.91 Å². The Morgan fingerprint density at radius 3 is 2.26 bits per heavy atom. The second kappa shape index (κ2) is 13.5. The van der Waals surface area contributed by atoms with Gasteiger partial charge in [-0.05, 0) is 60.0 Å². The number of hydrogen-bond donors (Lipinski definition) is 1. The van der Waals surface area contributed by atoms with Crippen LogP contribution >= 0.6 is 23.2 Å². The van der Waals surface area contributed by atoms with Crippen molar-refractivity contribution in [3.05, 3.63) is 118 Å². The smallest absolute Gasteiger partial charge is 0.328 e. The highest BCUT2D eigenvalue weighted by atomic mass is 35.5. The highest BCUT2D eigenvalue weighted by Crippen LogP contribution is 2.26. The Hall–Kier alpha value is -4.27. The van der Waals surface area contributed by atoms with Crippen molar-refractivity contribution in [2.45, 2.75) is 19.0 Å². The third-order valence-electron chi connectivity index (χ3n) is 5.75. The Morgan fingerprint density at radius 2 is 1.62 bits per heavy atom. The molecule has 198 valence electrons. The summed E-state index contributed by atoms with van der Waals surface area (Å²) in [5.74, 6) is -0.565. The number of carbonyl (C=O) groups excluding carboxylic acids is 2. The van der Waals surface area contributed by atoms with Crippen molar-refractivity contribution in [2.24, 2.45) is 0 Å². The number of halogens is 2. The maximum absolute atomic E-state index is 12.8. The van der Waals surface area contributed by atoms with Crippen molar-refractivity contribution < 1.29 is 14.3 Å². The molecule has 0 aliphatic heterocycles. The van der Waals surface area contributed by atoms with E-state index in [1.54, 1.807) is 55.1 Å². The first-order chi connectivity index (χ1) is 19.0. The number of aromatic nitrogens is 3. The second-order valence-corrected chi connectivity index (χ2v) is 9.18. The lowest BCUT2D eigenvalue weighted by Gasteiger charge is -2.22. The predicted octanol–water partition coefficient (Wildman–Crippen LogP) is 5.89. The average molecular weight is 562 g/mol. The molecule has 0 saturated carbocycles. The molecule has 1 N–H and O–H groups in total. The van der Waals surface area contributed by atoms with Gasteiger partial charge in [-0.15, -0.1) is 0 Å². The molecule has 0 aliphatic carbocycles.